The second-order valence-corrected chi connectivity index (χ2v) is 6.60. The molecule has 1 fully saturated rings. The number of benzene rings is 1. The average Bonchev–Trinajstić information content (AvgIpc) is 3.43. The molecule has 1 aliphatic rings. The zero-order valence-corrected chi connectivity index (χ0v) is 14.6. The molecule has 1 aromatic carbocycles. The van der Waals surface area contributed by atoms with Gasteiger partial charge in [0.05, 0.1) is 17.6 Å². The van der Waals surface area contributed by atoms with Gasteiger partial charge >= 0.3 is 0 Å². The van der Waals surface area contributed by atoms with Gasteiger partial charge in [-0.05, 0) is 44.0 Å². The summed E-state index contributed by atoms with van der Waals surface area (Å²) in [6.45, 7) is 1.90. The fraction of sp³-hybridized carbons (Fsp3) is 0.263. The first-order valence-corrected chi connectivity index (χ1v) is 8.53. The van der Waals surface area contributed by atoms with Gasteiger partial charge in [-0.2, -0.15) is 5.10 Å². The van der Waals surface area contributed by atoms with Gasteiger partial charge in [0.2, 0.25) is 5.91 Å². The van der Waals surface area contributed by atoms with Gasteiger partial charge in [-0.1, -0.05) is 6.07 Å². The molecule has 0 spiro atoms. The van der Waals surface area contributed by atoms with Crippen molar-refractivity contribution in [2.24, 2.45) is 13.0 Å². The smallest absolute Gasteiger partial charge is 0.255 e. The number of nitrogens with zero attached hydrogens (tertiary/aromatic N) is 3. The molecular weight excluding hydrogens is 330 g/mol. The Morgan fingerprint density at radius 2 is 1.96 bits per heavy atom. The van der Waals surface area contributed by atoms with Crippen molar-refractivity contribution in [1.29, 1.82) is 0 Å². The topological polar surface area (TPSA) is 88.9 Å². The summed E-state index contributed by atoms with van der Waals surface area (Å²) in [6.07, 6.45) is 3.49. The highest BCUT2D eigenvalue weighted by atomic mass is 16.2. The van der Waals surface area contributed by atoms with Gasteiger partial charge in [0.25, 0.3) is 5.91 Å². The predicted octanol–water partition coefficient (Wildman–Crippen LogP) is 2.88. The number of pyridine rings is 1. The van der Waals surface area contributed by atoms with Crippen molar-refractivity contribution in [1.82, 2.24) is 14.8 Å². The molecule has 26 heavy (non-hydrogen) atoms. The van der Waals surface area contributed by atoms with E-state index in [9.17, 15) is 9.59 Å². The lowest BCUT2D eigenvalue weighted by molar-refractivity contribution is -0.117. The van der Waals surface area contributed by atoms with Crippen molar-refractivity contribution < 1.29 is 9.59 Å². The molecule has 7 nitrogen and oxygen atoms in total. The number of carbonyl (C=O) groups excluding carboxylic acids is 2. The fourth-order valence-electron chi connectivity index (χ4n) is 2.91. The van der Waals surface area contributed by atoms with Crippen LogP contribution in [0.3, 0.4) is 0 Å². The molecule has 0 unspecified atom stereocenters. The number of anilines is 2. The number of rotatable bonds is 4. The third-order valence-corrected chi connectivity index (χ3v) is 4.46. The maximum absolute atomic E-state index is 12.6. The lowest BCUT2D eigenvalue weighted by Gasteiger charge is -2.08. The summed E-state index contributed by atoms with van der Waals surface area (Å²) >= 11 is 0. The van der Waals surface area contributed by atoms with E-state index in [2.05, 4.69) is 20.7 Å². The van der Waals surface area contributed by atoms with Crippen LogP contribution in [0.5, 0.6) is 0 Å². The quantitative estimate of drug-likeness (QED) is 0.758. The minimum Gasteiger partial charge on any atom is -0.326 e. The molecule has 4 rings (SSSR count). The molecule has 2 amide bonds. The third-order valence-electron chi connectivity index (χ3n) is 4.46. The van der Waals surface area contributed by atoms with Gasteiger partial charge in [-0.15, -0.1) is 0 Å². The third kappa shape index (κ3) is 3.15. The normalized spacial score (nSPS) is 13.6. The fourth-order valence-corrected chi connectivity index (χ4v) is 2.91. The number of fused-ring (bicyclic) bond motifs is 1. The van der Waals surface area contributed by atoms with Gasteiger partial charge in [0.15, 0.2) is 5.65 Å². The number of hydrogen-bond acceptors (Lipinski definition) is 4. The zero-order chi connectivity index (χ0) is 18.3. The molecule has 0 saturated heterocycles. The van der Waals surface area contributed by atoms with Crippen LogP contribution in [0.1, 0.15) is 28.9 Å². The summed E-state index contributed by atoms with van der Waals surface area (Å²) in [5.74, 6) is -0.118. The predicted molar refractivity (Wildman–Crippen MR) is 99.0 cm³/mol. The van der Waals surface area contributed by atoms with E-state index in [1.54, 1.807) is 35.1 Å². The van der Waals surface area contributed by atoms with Crippen LogP contribution < -0.4 is 10.6 Å². The Kier molecular flexibility index (Phi) is 3.91. The van der Waals surface area contributed by atoms with E-state index in [0.29, 0.717) is 16.9 Å². The maximum Gasteiger partial charge on any atom is 0.255 e. The SMILES string of the molecule is Cc1nn(C)c2ncc(NC(=O)c3cccc(NC(=O)C4CC4)c3)cc12. The molecule has 3 aromatic rings. The van der Waals surface area contributed by atoms with Crippen molar-refractivity contribution in [3.63, 3.8) is 0 Å². The number of amides is 2. The van der Waals surface area contributed by atoms with Gasteiger partial charge < -0.3 is 10.6 Å². The molecule has 2 N–H and O–H groups in total. The van der Waals surface area contributed by atoms with Crippen LogP contribution in [0.15, 0.2) is 36.5 Å². The molecule has 0 radical (unpaired) electrons. The van der Waals surface area contributed by atoms with Crippen LogP contribution in [0.25, 0.3) is 11.0 Å². The molecule has 7 heteroatoms. The Balaban J connectivity index is 1.52. The van der Waals surface area contributed by atoms with Crippen molar-refractivity contribution >= 4 is 34.2 Å². The number of nitrogens with one attached hydrogen (secondary N) is 2. The number of hydrogen-bond donors (Lipinski definition) is 2. The largest absolute Gasteiger partial charge is 0.326 e. The van der Waals surface area contributed by atoms with E-state index in [-0.39, 0.29) is 17.7 Å². The van der Waals surface area contributed by atoms with Crippen molar-refractivity contribution in [2.75, 3.05) is 10.6 Å². The summed E-state index contributed by atoms with van der Waals surface area (Å²) in [5, 5.41) is 10.9. The van der Waals surface area contributed by atoms with Crippen LogP contribution in [0, 0.1) is 12.8 Å². The minimum absolute atomic E-state index is 0.0178. The van der Waals surface area contributed by atoms with Gasteiger partial charge in [0.1, 0.15) is 0 Å². The summed E-state index contributed by atoms with van der Waals surface area (Å²) in [5.41, 5.74) is 3.33. The van der Waals surface area contributed by atoms with Crippen LogP contribution in [-0.4, -0.2) is 26.6 Å². The van der Waals surface area contributed by atoms with E-state index in [0.717, 1.165) is 29.6 Å². The van der Waals surface area contributed by atoms with E-state index >= 15 is 0 Å². The highest BCUT2D eigenvalue weighted by Gasteiger charge is 2.29. The molecule has 132 valence electrons. The molecule has 0 bridgehead atoms. The van der Waals surface area contributed by atoms with E-state index in [1.807, 2.05) is 20.0 Å². The highest BCUT2D eigenvalue weighted by molar-refractivity contribution is 6.06. The summed E-state index contributed by atoms with van der Waals surface area (Å²) < 4.78 is 1.71. The standard InChI is InChI=1S/C19H19N5O2/c1-11-16-9-15(10-20-17(16)24(2)23-11)22-19(26)13-4-3-5-14(8-13)21-18(25)12-6-7-12/h3-5,8-10,12H,6-7H2,1-2H3,(H,21,25)(H,22,26). The van der Waals surface area contributed by atoms with Crippen LogP contribution in [-0.2, 0) is 11.8 Å². The van der Waals surface area contributed by atoms with Crippen LogP contribution in [0.2, 0.25) is 0 Å². The first-order chi connectivity index (χ1) is 12.5. The molecule has 0 aliphatic heterocycles. The monoisotopic (exact) mass is 349 g/mol. The Bertz CT molecular complexity index is 1020. The van der Waals surface area contributed by atoms with Gasteiger partial charge in [-0.25, -0.2) is 4.98 Å². The number of aromatic nitrogens is 3. The molecule has 1 saturated carbocycles. The van der Waals surface area contributed by atoms with Crippen molar-refractivity contribution in [3.05, 3.63) is 47.8 Å². The Labute approximate surface area is 150 Å². The summed E-state index contributed by atoms with van der Waals surface area (Å²) in [4.78, 5) is 28.8. The highest BCUT2D eigenvalue weighted by Crippen LogP contribution is 2.30. The Hall–Kier alpha value is -3.22. The van der Waals surface area contributed by atoms with E-state index in [4.69, 9.17) is 0 Å². The van der Waals surface area contributed by atoms with Crippen molar-refractivity contribution in [2.45, 2.75) is 19.8 Å². The first kappa shape index (κ1) is 16.3. The van der Waals surface area contributed by atoms with Gasteiger partial charge in [0, 0.05) is 29.6 Å². The second-order valence-electron chi connectivity index (χ2n) is 6.60. The van der Waals surface area contributed by atoms with Gasteiger partial charge in [-0.3, -0.25) is 14.3 Å². The van der Waals surface area contributed by atoms with Crippen molar-refractivity contribution in [3.8, 4) is 0 Å². The van der Waals surface area contributed by atoms with Crippen LogP contribution >= 0.6 is 0 Å². The molecular formula is C19H19N5O2. The maximum atomic E-state index is 12.6. The summed E-state index contributed by atoms with van der Waals surface area (Å²) in [6, 6.07) is 8.79. The molecule has 2 heterocycles. The van der Waals surface area contributed by atoms with E-state index in [1.165, 1.54) is 0 Å². The lowest BCUT2D eigenvalue weighted by Crippen LogP contribution is -2.15. The average molecular weight is 349 g/mol. The Morgan fingerprint density at radius 1 is 1.15 bits per heavy atom. The Morgan fingerprint density at radius 3 is 2.73 bits per heavy atom. The number of aryl methyl sites for hydroxylation is 2. The zero-order valence-electron chi connectivity index (χ0n) is 14.6. The number of carbonyl (C=O) groups is 2. The lowest BCUT2D eigenvalue weighted by atomic mass is 10.1. The molecule has 2 aromatic heterocycles. The summed E-state index contributed by atoms with van der Waals surface area (Å²) in [7, 11) is 1.84. The molecule has 0 atom stereocenters. The molecule has 1 aliphatic carbocycles. The second kappa shape index (κ2) is 6.25. The van der Waals surface area contributed by atoms with E-state index < -0.39 is 0 Å². The van der Waals surface area contributed by atoms with Crippen LogP contribution in [0.4, 0.5) is 11.4 Å². The first-order valence-electron chi connectivity index (χ1n) is 8.53. The minimum atomic E-state index is -0.254.